The quantitative estimate of drug-likeness (QED) is 0.854. The molecule has 4 nitrogen and oxygen atoms in total. The topological polar surface area (TPSA) is 80.4 Å². The van der Waals surface area contributed by atoms with E-state index in [1.54, 1.807) is 6.07 Å². The van der Waals surface area contributed by atoms with Crippen molar-refractivity contribution in [1.82, 2.24) is 0 Å². The van der Waals surface area contributed by atoms with E-state index in [9.17, 15) is 14.7 Å². The van der Waals surface area contributed by atoms with Gasteiger partial charge in [0.25, 0.3) is 5.91 Å². The lowest BCUT2D eigenvalue weighted by atomic mass is 9.45. The zero-order valence-electron chi connectivity index (χ0n) is 16.0. The molecule has 5 atom stereocenters. The van der Waals surface area contributed by atoms with Gasteiger partial charge in [-0.05, 0) is 79.7 Å². The first-order chi connectivity index (χ1) is 12.9. The maximum atomic E-state index is 12.5. The maximum absolute atomic E-state index is 12.5. The van der Waals surface area contributed by atoms with Crippen molar-refractivity contribution in [2.45, 2.75) is 63.7 Å². The standard InChI is InChI=1S/C23H29NO3/c1-12(13-2-3-13)16-8-9-23-11-15(25)5-7-19(23)18(16)10-14-4-6-17(22(24)27)21(26)20(14)23/h4,6,12-13,16,18-19,26H,2-3,5,7-11H2,1H3,(H2,24,27)/t12-,16?,18+,19?,23?/m1/s1. The fourth-order valence-electron chi connectivity index (χ4n) is 7.13. The fraction of sp³-hybridized carbons (Fsp3) is 0.652. The Morgan fingerprint density at radius 1 is 1.26 bits per heavy atom. The van der Waals surface area contributed by atoms with E-state index in [1.807, 2.05) is 6.07 Å². The van der Waals surface area contributed by atoms with Crippen LogP contribution in [0.4, 0.5) is 0 Å². The Hall–Kier alpha value is -1.84. The van der Waals surface area contributed by atoms with Crippen molar-refractivity contribution in [2.24, 2.45) is 35.3 Å². The summed E-state index contributed by atoms with van der Waals surface area (Å²) in [6.45, 7) is 2.44. The van der Waals surface area contributed by atoms with E-state index in [2.05, 4.69) is 6.92 Å². The number of phenols is 1. The van der Waals surface area contributed by atoms with Gasteiger partial charge >= 0.3 is 0 Å². The molecule has 0 heterocycles. The summed E-state index contributed by atoms with van der Waals surface area (Å²) >= 11 is 0. The van der Waals surface area contributed by atoms with Crippen molar-refractivity contribution in [2.75, 3.05) is 0 Å². The van der Waals surface area contributed by atoms with E-state index in [4.69, 9.17) is 5.73 Å². The zero-order chi connectivity index (χ0) is 18.9. The second-order valence-corrected chi connectivity index (χ2v) is 9.64. The Kier molecular flexibility index (Phi) is 3.73. The number of aromatic hydroxyl groups is 1. The van der Waals surface area contributed by atoms with Crippen LogP contribution >= 0.6 is 0 Å². The van der Waals surface area contributed by atoms with Crippen LogP contribution in [0, 0.1) is 29.6 Å². The fourth-order valence-corrected chi connectivity index (χ4v) is 7.13. The molecule has 144 valence electrons. The number of Topliss-reactive ketones (excluding diaryl/α,β-unsaturated/α-hetero) is 1. The summed E-state index contributed by atoms with van der Waals surface area (Å²) in [5.41, 5.74) is 7.44. The minimum absolute atomic E-state index is 0.0480. The van der Waals surface area contributed by atoms with E-state index < -0.39 is 5.91 Å². The number of nitrogens with two attached hydrogens (primary N) is 1. The first-order valence-electron chi connectivity index (χ1n) is 10.6. The van der Waals surface area contributed by atoms with Crippen molar-refractivity contribution in [1.29, 1.82) is 0 Å². The lowest BCUT2D eigenvalue weighted by molar-refractivity contribution is -0.127. The largest absolute Gasteiger partial charge is 0.507 e. The van der Waals surface area contributed by atoms with Gasteiger partial charge in [0.2, 0.25) is 0 Å². The van der Waals surface area contributed by atoms with Crippen LogP contribution in [0.1, 0.15) is 73.4 Å². The van der Waals surface area contributed by atoms with Crippen molar-refractivity contribution in [3.05, 3.63) is 28.8 Å². The molecular formula is C23H29NO3. The van der Waals surface area contributed by atoms with Gasteiger partial charge in [0.05, 0.1) is 5.56 Å². The number of amides is 1. The summed E-state index contributed by atoms with van der Waals surface area (Å²) in [6.07, 6.45) is 7.90. The number of rotatable bonds is 3. The third-order valence-corrected chi connectivity index (χ3v) is 8.47. The van der Waals surface area contributed by atoms with Gasteiger partial charge in [0.1, 0.15) is 11.5 Å². The Bertz CT molecular complexity index is 827. The smallest absolute Gasteiger partial charge is 0.252 e. The molecule has 3 unspecified atom stereocenters. The number of hydrogen-bond acceptors (Lipinski definition) is 3. The molecule has 0 aliphatic heterocycles. The molecule has 1 aromatic rings. The van der Waals surface area contributed by atoms with Crippen LogP contribution < -0.4 is 5.73 Å². The average Bonchev–Trinajstić information content (AvgIpc) is 3.45. The van der Waals surface area contributed by atoms with Crippen LogP contribution in [0.5, 0.6) is 5.75 Å². The monoisotopic (exact) mass is 367 g/mol. The molecule has 4 aliphatic rings. The van der Waals surface area contributed by atoms with Crippen LogP contribution in [0.3, 0.4) is 0 Å². The van der Waals surface area contributed by atoms with Crippen molar-refractivity contribution >= 4 is 11.7 Å². The van der Waals surface area contributed by atoms with Gasteiger partial charge < -0.3 is 10.8 Å². The third kappa shape index (κ3) is 2.41. The van der Waals surface area contributed by atoms with Gasteiger partial charge in [-0.2, -0.15) is 0 Å². The highest BCUT2D eigenvalue weighted by atomic mass is 16.3. The first kappa shape index (κ1) is 17.3. The minimum Gasteiger partial charge on any atom is -0.507 e. The van der Waals surface area contributed by atoms with E-state index in [0.717, 1.165) is 54.6 Å². The molecule has 2 bridgehead atoms. The molecule has 1 aromatic carbocycles. The highest BCUT2D eigenvalue weighted by molar-refractivity contribution is 5.96. The highest BCUT2D eigenvalue weighted by Gasteiger charge is 2.58. The summed E-state index contributed by atoms with van der Waals surface area (Å²) in [5, 5.41) is 11.0. The molecule has 0 saturated heterocycles. The van der Waals surface area contributed by atoms with E-state index in [0.29, 0.717) is 30.5 Å². The number of fused-ring (bicyclic) bond motifs is 1. The number of hydrogen-bond donors (Lipinski definition) is 2. The number of benzene rings is 1. The molecule has 0 aromatic heterocycles. The molecule has 3 saturated carbocycles. The van der Waals surface area contributed by atoms with Gasteiger partial charge in [-0.3, -0.25) is 9.59 Å². The van der Waals surface area contributed by atoms with Crippen molar-refractivity contribution in [3.63, 3.8) is 0 Å². The Morgan fingerprint density at radius 2 is 2.04 bits per heavy atom. The molecule has 27 heavy (non-hydrogen) atoms. The van der Waals surface area contributed by atoms with Crippen LogP contribution in [0.2, 0.25) is 0 Å². The Labute approximate surface area is 160 Å². The predicted octanol–water partition coefficient (Wildman–Crippen LogP) is 3.73. The third-order valence-electron chi connectivity index (χ3n) is 8.47. The molecule has 3 fully saturated rings. The van der Waals surface area contributed by atoms with Crippen molar-refractivity contribution in [3.8, 4) is 5.75 Å². The molecule has 5 rings (SSSR count). The molecule has 3 N–H and O–H groups in total. The summed E-state index contributed by atoms with van der Waals surface area (Å²) in [5.74, 6) is 3.15. The van der Waals surface area contributed by atoms with Gasteiger partial charge in [0, 0.05) is 23.8 Å². The average molecular weight is 367 g/mol. The summed E-state index contributed by atoms with van der Waals surface area (Å²) in [6, 6.07) is 3.66. The summed E-state index contributed by atoms with van der Waals surface area (Å²) in [4.78, 5) is 24.3. The molecule has 1 amide bonds. The van der Waals surface area contributed by atoms with E-state index in [1.165, 1.54) is 12.8 Å². The first-order valence-corrected chi connectivity index (χ1v) is 10.6. The zero-order valence-corrected chi connectivity index (χ0v) is 16.0. The molecule has 0 spiro atoms. The molecule has 4 aliphatic carbocycles. The Morgan fingerprint density at radius 3 is 2.74 bits per heavy atom. The lowest BCUT2D eigenvalue weighted by Crippen LogP contribution is -2.55. The van der Waals surface area contributed by atoms with Gasteiger partial charge in [-0.25, -0.2) is 0 Å². The van der Waals surface area contributed by atoms with Crippen LogP contribution in [0.15, 0.2) is 12.1 Å². The van der Waals surface area contributed by atoms with Gasteiger partial charge in [-0.15, -0.1) is 0 Å². The normalized spacial score (nSPS) is 35.9. The molecule has 0 radical (unpaired) electrons. The highest BCUT2D eigenvalue weighted by Crippen LogP contribution is 2.63. The lowest BCUT2D eigenvalue weighted by Gasteiger charge is -2.58. The Balaban J connectivity index is 1.65. The SMILES string of the molecule is C[C@H](C1CC1)C1CCC23CC(=O)CCC2[C@H]1Cc1ccc(C(N)=O)c(O)c13. The molecule has 4 heteroatoms. The number of carbonyl (C=O) groups excluding carboxylic acids is 2. The van der Waals surface area contributed by atoms with E-state index >= 15 is 0 Å². The van der Waals surface area contributed by atoms with Crippen LogP contribution in [0.25, 0.3) is 0 Å². The maximum Gasteiger partial charge on any atom is 0.252 e. The van der Waals surface area contributed by atoms with Gasteiger partial charge in [0.15, 0.2) is 0 Å². The minimum atomic E-state index is -0.594. The van der Waals surface area contributed by atoms with Crippen LogP contribution in [-0.2, 0) is 16.6 Å². The number of primary amides is 1. The van der Waals surface area contributed by atoms with E-state index in [-0.39, 0.29) is 16.7 Å². The second kappa shape index (κ2) is 5.83. The van der Waals surface area contributed by atoms with Crippen molar-refractivity contribution < 1.29 is 14.7 Å². The molecular weight excluding hydrogens is 338 g/mol. The predicted molar refractivity (Wildman–Crippen MR) is 102 cm³/mol. The second-order valence-electron chi connectivity index (χ2n) is 9.64. The summed E-state index contributed by atoms with van der Waals surface area (Å²) in [7, 11) is 0. The van der Waals surface area contributed by atoms with Gasteiger partial charge in [-0.1, -0.05) is 13.0 Å². The number of ketones is 1. The van der Waals surface area contributed by atoms with Crippen LogP contribution in [-0.4, -0.2) is 16.8 Å². The number of carbonyl (C=O) groups is 2. The summed E-state index contributed by atoms with van der Waals surface area (Å²) < 4.78 is 0.